The Morgan fingerprint density at radius 3 is 2.42 bits per heavy atom. The molecule has 0 aliphatic rings. The Morgan fingerprint density at radius 1 is 1.26 bits per heavy atom. The van der Waals surface area contributed by atoms with Crippen molar-refractivity contribution in [3.63, 3.8) is 0 Å². The number of nitrogens with zero attached hydrogens (tertiary/aromatic N) is 3. The lowest BCUT2D eigenvalue weighted by atomic mass is 10.4. The van der Waals surface area contributed by atoms with Crippen molar-refractivity contribution in [1.82, 2.24) is 14.9 Å². The zero-order valence-corrected chi connectivity index (χ0v) is 10.8. The molecule has 0 unspecified atom stereocenters. The van der Waals surface area contributed by atoms with Crippen molar-refractivity contribution in [3.05, 3.63) is 11.9 Å². The lowest BCUT2D eigenvalue weighted by Crippen LogP contribution is -2.19. The van der Waals surface area contributed by atoms with Gasteiger partial charge in [0.15, 0.2) is 0 Å². The highest BCUT2D eigenvalue weighted by atomic mass is 19.4. The third-order valence-corrected chi connectivity index (χ3v) is 2.22. The normalized spacial score (nSPS) is 11.7. The fourth-order valence-corrected chi connectivity index (χ4v) is 1.35. The van der Waals surface area contributed by atoms with Gasteiger partial charge in [-0.1, -0.05) is 0 Å². The highest BCUT2D eigenvalue weighted by Crippen LogP contribution is 2.28. The summed E-state index contributed by atoms with van der Waals surface area (Å²) < 4.78 is 37.7. The van der Waals surface area contributed by atoms with Crippen LogP contribution in [0.2, 0.25) is 0 Å². The van der Waals surface area contributed by atoms with Gasteiger partial charge in [0.2, 0.25) is 5.82 Å². The van der Waals surface area contributed by atoms with Gasteiger partial charge in [0.1, 0.15) is 11.6 Å². The van der Waals surface area contributed by atoms with Crippen LogP contribution in [0.3, 0.4) is 0 Å². The first-order valence-electron chi connectivity index (χ1n) is 5.64. The molecule has 1 aromatic heterocycles. The van der Waals surface area contributed by atoms with Crippen LogP contribution in [0.5, 0.6) is 0 Å². The van der Waals surface area contributed by atoms with Crippen molar-refractivity contribution in [1.29, 1.82) is 0 Å². The SMILES string of the molecule is CN(C)CCCNc1cc(NN)nc(C(F)(F)F)n1. The van der Waals surface area contributed by atoms with Crippen LogP contribution in [-0.2, 0) is 6.18 Å². The van der Waals surface area contributed by atoms with Gasteiger partial charge in [-0.05, 0) is 27.1 Å². The zero-order valence-electron chi connectivity index (χ0n) is 10.8. The van der Waals surface area contributed by atoms with Crippen LogP contribution in [0.25, 0.3) is 0 Å². The van der Waals surface area contributed by atoms with Crippen molar-refractivity contribution in [2.45, 2.75) is 12.6 Å². The summed E-state index contributed by atoms with van der Waals surface area (Å²) in [4.78, 5) is 8.65. The maximum Gasteiger partial charge on any atom is 0.451 e. The van der Waals surface area contributed by atoms with E-state index < -0.39 is 12.0 Å². The molecule has 0 saturated carbocycles. The molecule has 0 fully saturated rings. The summed E-state index contributed by atoms with van der Waals surface area (Å²) in [7, 11) is 3.84. The molecule has 0 amide bonds. The van der Waals surface area contributed by atoms with Crippen LogP contribution in [0, 0.1) is 0 Å². The van der Waals surface area contributed by atoms with Crippen molar-refractivity contribution in [2.75, 3.05) is 37.9 Å². The molecule has 1 heterocycles. The number of aromatic nitrogens is 2. The van der Waals surface area contributed by atoms with Crippen molar-refractivity contribution >= 4 is 11.6 Å². The number of hydrogen-bond donors (Lipinski definition) is 3. The van der Waals surface area contributed by atoms with Gasteiger partial charge >= 0.3 is 6.18 Å². The second-order valence-corrected chi connectivity index (χ2v) is 4.19. The van der Waals surface area contributed by atoms with Gasteiger partial charge in [0.25, 0.3) is 0 Å². The van der Waals surface area contributed by atoms with Gasteiger partial charge in [-0.25, -0.2) is 15.8 Å². The molecular weight excluding hydrogens is 261 g/mol. The lowest BCUT2D eigenvalue weighted by molar-refractivity contribution is -0.144. The smallest absolute Gasteiger partial charge is 0.370 e. The maximum atomic E-state index is 12.6. The van der Waals surface area contributed by atoms with Gasteiger partial charge in [0, 0.05) is 12.6 Å². The molecule has 108 valence electrons. The van der Waals surface area contributed by atoms with E-state index in [1.54, 1.807) is 0 Å². The fraction of sp³-hybridized carbons (Fsp3) is 0.600. The molecule has 0 bridgehead atoms. The Hall–Kier alpha value is -1.61. The summed E-state index contributed by atoms with van der Waals surface area (Å²) in [5.74, 6) is 3.87. The minimum Gasteiger partial charge on any atom is -0.370 e. The van der Waals surface area contributed by atoms with Crippen molar-refractivity contribution < 1.29 is 13.2 Å². The topological polar surface area (TPSA) is 79.1 Å². The molecule has 1 aromatic rings. The number of nitrogens with two attached hydrogens (primary N) is 1. The summed E-state index contributed by atoms with van der Waals surface area (Å²) in [6.07, 6.45) is -3.82. The molecular formula is C10H17F3N6. The second-order valence-electron chi connectivity index (χ2n) is 4.19. The van der Waals surface area contributed by atoms with E-state index in [1.807, 2.05) is 19.0 Å². The van der Waals surface area contributed by atoms with Gasteiger partial charge in [-0.2, -0.15) is 13.2 Å². The molecule has 9 heteroatoms. The third kappa shape index (κ3) is 5.26. The van der Waals surface area contributed by atoms with E-state index in [-0.39, 0.29) is 11.6 Å². The molecule has 0 atom stereocenters. The quantitative estimate of drug-likeness (QED) is 0.411. The minimum atomic E-state index is -4.60. The number of nitrogens with one attached hydrogen (secondary N) is 2. The van der Waals surface area contributed by atoms with Crippen LogP contribution in [0.1, 0.15) is 12.2 Å². The van der Waals surface area contributed by atoms with E-state index in [1.165, 1.54) is 6.07 Å². The molecule has 0 aliphatic heterocycles. The Balaban J connectivity index is 2.72. The molecule has 4 N–H and O–H groups in total. The zero-order chi connectivity index (χ0) is 14.5. The molecule has 6 nitrogen and oxygen atoms in total. The number of halogens is 3. The summed E-state index contributed by atoms with van der Waals surface area (Å²) in [5.41, 5.74) is 2.09. The highest BCUT2D eigenvalue weighted by molar-refractivity contribution is 5.47. The van der Waals surface area contributed by atoms with E-state index >= 15 is 0 Å². The Bertz CT molecular complexity index is 407. The van der Waals surface area contributed by atoms with E-state index in [4.69, 9.17) is 5.84 Å². The van der Waals surface area contributed by atoms with Crippen LogP contribution in [0.15, 0.2) is 6.07 Å². The van der Waals surface area contributed by atoms with Crippen LogP contribution in [0.4, 0.5) is 24.8 Å². The summed E-state index contributed by atoms with van der Waals surface area (Å²) >= 11 is 0. The molecule has 0 radical (unpaired) electrons. The predicted octanol–water partition coefficient (Wildman–Crippen LogP) is 1.14. The van der Waals surface area contributed by atoms with E-state index in [2.05, 4.69) is 20.7 Å². The van der Waals surface area contributed by atoms with Crippen LogP contribution >= 0.6 is 0 Å². The average Bonchev–Trinajstić information content (AvgIpc) is 2.33. The maximum absolute atomic E-state index is 12.6. The fourth-order valence-electron chi connectivity index (χ4n) is 1.35. The molecule has 19 heavy (non-hydrogen) atoms. The van der Waals surface area contributed by atoms with Gasteiger partial charge in [0.05, 0.1) is 0 Å². The number of hydrazine groups is 1. The van der Waals surface area contributed by atoms with Crippen LogP contribution in [-0.4, -0.2) is 42.1 Å². The van der Waals surface area contributed by atoms with E-state index in [0.29, 0.717) is 6.54 Å². The number of rotatable bonds is 6. The minimum absolute atomic E-state index is 0.0857. The lowest BCUT2D eigenvalue weighted by Gasteiger charge is -2.12. The van der Waals surface area contributed by atoms with Gasteiger partial charge in [-0.15, -0.1) is 0 Å². The largest absolute Gasteiger partial charge is 0.451 e. The van der Waals surface area contributed by atoms with E-state index in [0.717, 1.165) is 13.0 Å². The molecule has 0 spiro atoms. The van der Waals surface area contributed by atoms with E-state index in [9.17, 15) is 13.2 Å². The number of nitrogen functional groups attached to an aromatic ring is 1. The molecule has 0 saturated heterocycles. The monoisotopic (exact) mass is 278 g/mol. The number of hydrogen-bond acceptors (Lipinski definition) is 6. The Labute approximate surface area is 109 Å². The van der Waals surface area contributed by atoms with Crippen LogP contribution < -0.4 is 16.6 Å². The van der Waals surface area contributed by atoms with Crippen molar-refractivity contribution in [2.24, 2.45) is 5.84 Å². The highest BCUT2D eigenvalue weighted by Gasteiger charge is 2.35. The standard InChI is InChI=1S/C10H17F3N6/c1-19(2)5-3-4-15-7-6-8(18-14)17-9(16-7)10(11,12)13/h6H,3-5,14H2,1-2H3,(H2,15,16,17,18). The number of anilines is 2. The summed E-state index contributed by atoms with van der Waals surface area (Å²) in [5, 5.41) is 2.81. The predicted molar refractivity (Wildman–Crippen MR) is 66.5 cm³/mol. The summed E-state index contributed by atoms with van der Waals surface area (Å²) in [6.45, 7) is 1.34. The number of alkyl halides is 3. The first-order valence-corrected chi connectivity index (χ1v) is 5.64. The van der Waals surface area contributed by atoms with Crippen molar-refractivity contribution in [3.8, 4) is 0 Å². The second kappa shape index (κ2) is 6.53. The van der Waals surface area contributed by atoms with Gasteiger partial charge < -0.3 is 15.6 Å². The Morgan fingerprint density at radius 2 is 1.89 bits per heavy atom. The Kier molecular flexibility index (Phi) is 5.31. The average molecular weight is 278 g/mol. The molecule has 1 rings (SSSR count). The first-order chi connectivity index (χ1) is 8.82. The van der Waals surface area contributed by atoms with Gasteiger partial charge in [-0.3, -0.25) is 0 Å². The molecule has 0 aromatic carbocycles. The summed E-state index contributed by atoms with van der Waals surface area (Å²) in [6, 6.07) is 1.32. The molecule has 0 aliphatic carbocycles. The third-order valence-electron chi connectivity index (χ3n) is 2.22. The first kappa shape index (κ1) is 15.4.